The molecular formula is C40H44N2O11. The van der Waals surface area contributed by atoms with Gasteiger partial charge in [-0.25, -0.2) is 9.59 Å². The molecule has 1 aliphatic carbocycles. The lowest BCUT2D eigenvalue weighted by atomic mass is 9.61. The standard InChI is InChI=1S/C40H44N2O11/c1-46-26-11-12-27-28-13-14-42-20-23-15-24(36(49-4)34(39(44)50-5)29(23)19-31(42)35(28)41-30(27)18-26)21-51-38(43)22-16-32(47-2)37(33(17-22)48-3)53-40(45)52-25-9-7-6-8-10-25/h6-12,16-18,23-24,29,31,34,36,41H,13-15,19-21H2,1-5H3/t23?,24?,29?,31-,34+,36+/m1/s1. The van der Waals surface area contributed by atoms with Crippen LogP contribution < -0.4 is 23.7 Å². The number of benzene rings is 3. The topological polar surface area (TPSA) is 144 Å². The maximum atomic E-state index is 13.5. The molecule has 13 nitrogen and oxygen atoms in total. The van der Waals surface area contributed by atoms with Gasteiger partial charge in [-0.05, 0) is 73.1 Å². The minimum Gasteiger partial charge on any atom is -0.497 e. The highest BCUT2D eigenvalue weighted by Crippen LogP contribution is 2.51. The lowest BCUT2D eigenvalue weighted by molar-refractivity contribution is -0.170. The van der Waals surface area contributed by atoms with Gasteiger partial charge in [0, 0.05) is 48.8 Å². The van der Waals surface area contributed by atoms with Gasteiger partial charge in [0.15, 0.2) is 11.5 Å². The van der Waals surface area contributed by atoms with Crippen molar-refractivity contribution in [1.29, 1.82) is 0 Å². The van der Waals surface area contributed by atoms with E-state index < -0.39 is 24.1 Å². The first kappa shape index (κ1) is 36.1. The predicted octanol–water partition coefficient (Wildman–Crippen LogP) is 5.99. The normalized spacial score (nSPS) is 23.5. The molecule has 0 bridgehead atoms. The Labute approximate surface area is 307 Å². The number of ether oxygens (including phenoxy) is 8. The molecule has 0 spiro atoms. The fourth-order valence-electron chi connectivity index (χ4n) is 8.65. The van der Waals surface area contributed by atoms with Gasteiger partial charge in [0.2, 0.25) is 5.75 Å². The minimum atomic E-state index is -1.01. The molecule has 13 heteroatoms. The molecule has 53 heavy (non-hydrogen) atoms. The average Bonchev–Trinajstić information content (AvgIpc) is 3.56. The van der Waals surface area contributed by atoms with Crippen LogP contribution in [0.2, 0.25) is 0 Å². The lowest BCUT2D eigenvalue weighted by Gasteiger charge is -2.53. The van der Waals surface area contributed by atoms with Gasteiger partial charge in [-0.15, -0.1) is 0 Å². The number of carbonyl (C=O) groups is 3. The number of methoxy groups -OCH3 is 5. The van der Waals surface area contributed by atoms with Crippen molar-refractivity contribution < 1.29 is 52.3 Å². The number of nitrogens with zero attached hydrogens (tertiary/aromatic N) is 1. The van der Waals surface area contributed by atoms with E-state index in [0.717, 1.165) is 37.2 Å². The first-order valence-corrected chi connectivity index (χ1v) is 17.7. The van der Waals surface area contributed by atoms with Crippen molar-refractivity contribution in [2.24, 2.45) is 23.7 Å². The van der Waals surface area contributed by atoms with Crippen molar-refractivity contribution in [2.75, 3.05) is 55.2 Å². The summed E-state index contributed by atoms with van der Waals surface area (Å²) in [5.41, 5.74) is 3.68. The fraction of sp³-hybridized carbons (Fsp3) is 0.425. The molecule has 6 atom stereocenters. The molecule has 0 amide bonds. The van der Waals surface area contributed by atoms with Crippen LogP contribution in [-0.4, -0.2) is 89.3 Å². The second-order valence-corrected chi connectivity index (χ2v) is 13.7. The van der Waals surface area contributed by atoms with Gasteiger partial charge in [-0.2, -0.15) is 0 Å². The van der Waals surface area contributed by atoms with Gasteiger partial charge >= 0.3 is 18.1 Å². The zero-order valence-corrected chi connectivity index (χ0v) is 30.4. The van der Waals surface area contributed by atoms with E-state index in [9.17, 15) is 14.4 Å². The molecule has 3 aliphatic rings. The number of hydrogen-bond donors (Lipinski definition) is 1. The van der Waals surface area contributed by atoms with Gasteiger partial charge in [0.25, 0.3) is 0 Å². The minimum absolute atomic E-state index is 0.00199. The van der Waals surface area contributed by atoms with Crippen LogP contribution in [0.25, 0.3) is 10.9 Å². The lowest BCUT2D eigenvalue weighted by Crippen LogP contribution is -2.56. The number of rotatable bonds is 10. The summed E-state index contributed by atoms with van der Waals surface area (Å²) in [6, 6.07) is 17.5. The highest BCUT2D eigenvalue weighted by molar-refractivity contribution is 5.91. The summed E-state index contributed by atoms with van der Waals surface area (Å²) in [6.45, 7) is 1.71. The van der Waals surface area contributed by atoms with E-state index >= 15 is 0 Å². The second kappa shape index (κ2) is 15.4. The predicted molar refractivity (Wildman–Crippen MR) is 192 cm³/mol. The molecule has 2 fully saturated rings. The van der Waals surface area contributed by atoms with Gasteiger partial charge in [-0.1, -0.05) is 18.2 Å². The van der Waals surface area contributed by atoms with Crippen molar-refractivity contribution in [1.82, 2.24) is 9.88 Å². The van der Waals surface area contributed by atoms with E-state index in [2.05, 4.69) is 16.0 Å². The van der Waals surface area contributed by atoms with Crippen molar-refractivity contribution in [3.8, 4) is 28.7 Å². The third-order valence-corrected chi connectivity index (χ3v) is 11.0. The number of para-hydroxylation sites is 1. The SMILES string of the molecule is COC(=O)[C@H]1C2C[C@@H]3c4[nH]c5cc(OC)ccc5c4CCN3CC2CC(COC(=O)c2cc(OC)c(OC(=O)Oc3ccccc3)c(OC)c2)[C@@H]1OC. The zero-order valence-electron chi connectivity index (χ0n) is 30.4. The Morgan fingerprint density at radius 1 is 0.849 bits per heavy atom. The molecule has 1 saturated heterocycles. The number of aromatic nitrogens is 1. The van der Waals surface area contributed by atoms with E-state index in [1.807, 2.05) is 12.1 Å². The first-order chi connectivity index (χ1) is 25.8. The Kier molecular flexibility index (Phi) is 10.5. The number of hydrogen-bond acceptors (Lipinski definition) is 12. The summed E-state index contributed by atoms with van der Waals surface area (Å²) in [6.07, 6.45) is 0.843. The molecule has 2 aliphatic heterocycles. The fourth-order valence-corrected chi connectivity index (χ4v) is 8.65. The molecule has 0 radical (unpaired) electrons. The van der Waals surface area contributed by atoms with Crippen LogP contribution >= 0.6 is 0 Å². The van der Waals surface area contributed by atoms with Crippen molar-refractivity contribution in [3.05, 3.63) is 77.5 Å². The number of H-pyrrole nitrogens is 1. The van der Waals surface area contributed by atoms with Crippen LogP contribution in [0.4, 0.5) is 4.79 Å². The summed E-state index contributed by atoms with van der Waals surface area (Å²) < 4.78 is 44.4. The molecular weight excluding hydrogens is 684 g/mol. The third kappa shape index (κ3) is 6.98. The third-order valence-electron chi connectivity index (χ3n) is 11.0. The largest absolute Gasteiger partial charge is 0.519 e. The summed E-state index contributed by atoms with van der Waals surface area (Å²) in [4.78, 5) is 45.9. The van der Waals surface area contributed by atoms with Gasteiger partial charge in [0.1, 0.15) is 11.5 Å². The number of esters is 2. The quantitative estimate of drug-likeness (QED) is 0.151. The summed E-state index contributed by atoms with van der Waals surface area (Å²) in [5, 5.41) is 1.20. The molecule has 1 saturated carbocycles. The summed E-state index contributed by atoms with van der Waals surface area (Å²) >= 11 is 0. The maximum Gasteiger partial charge on any atom is 0.519 e. The Hall–Kier alpha value is -5.27. The summed E-state index contributed by atoms with van der Waals surface area (Å²) in [5.74, 6) is -0.459. The monoisotopic (exact) mass is 728 g/mol. The zero-order chi connectivity index (χ0) is 37.2. The molecule has 1 aromatic heterocycles. The highest BCUT2D eigenvalue weighted by Gasteiger charge is 2.53. The van der Waals surface area contributed by atoms with E-state index in [0.29, 0.717) is 12.2 Å². The van der Waals surface area contributed by atoms with Gasteiger partial charge in [0.05, 0.1) is 58.7 Å². The Morgan fingerprint density at radius 2 is 1.60 bits per heavy atom. The molecule has 4 aromatic rings. The maximum absolute atomic E-state index is 13.5. The molecule has 7 rings (SSSR count). The van der Waals surface area contributed by atoms with Crippen molar-refractivity contribution in [2.45, 2.75) is 31.4 Å². The van der Waals surface area contributed by atoms with Crippen LogP contribution in [0.15, 0.2) is 60.7 Å². The molecule has 3 aromatic carbocycles. The Balaban J connectivity index is 1.08. The smallest absolute Gasteiger partial charge is 0.497 e. The van der Waals surface area contributed by atoms with E-state index in [1.54, 1.807) is 44.6 Å². The van der Waals surface area contributed by atoms with Crippen molar-refractivity contribution in [3.63, 3.8) is 0 Å². The van der Waals surface area contributed by atoms with Crippen LogP contribution in [0.3, 0.4) is 0 Å². The van der Waals surface area contributed by atoms with Crippen LogP contribution in [0, 0.1) is 23.7 Å². The second-order valence-electron chi connectivity index (χ2n) is 13.7. The molecule has 3 unspecified atom stereocenters. The van der Waals surface area contributed by atoms with Crippen LogP contribution in [0.5, 0.6) is 28.7 Å². The highest BCUT2D eigenvalue weighted by atomic mass is 16.7. The number of nitrogens with one attached hydrogen (secondary N) is 1. The summed E-state index contributed by atoms with van der Waals surface area (Å²) in [7, 11) is 7.41. The number of aromatic amines is 1. The van der Waals surface area contributed by atoms with Gasteiger partial charge in [-0.3, -0.25) is 9.69 Å². The number of piperidine rings is 1. The number of carbonyl (C=O) groups excluding carboxylic acids is 3. The average molecular weight is 729 g/mol. The molecule has 280 valence electrons. The Morgan fingerprint density at radius 3 is 2.28 bits per heavy atom. The molecule has 1 N–H and O–H groups in total. The van der Waals surface area contributed by atoms with E-state index in [4.69, 9.17) is 37.9 Å². The van der Waals surface area contributed by atoms with Crippen LogP contribution in [0.1, 0.15) is 40.5 Å². The molecule has 3 heterocycles. The van der Waals surface area contributed by atoms with E-state index in [-0.39, 0.29) is 59.2 Å². The van der Waals surface area contributed by atoms with Crippen LogP contribution in [-0.2, 0) is 25.4 Å². The van der Waals surface area contributed by atoms with E-state index in [1.165, 1.54) is 50.1 Å². The first-order valence-electron chi connectivity index (χ1n) is 17.7. The Bertz CT molecular complexity index is 1950. The van der Waals surface area contributed by atoms with Crippen molar-refractivity contribution >= 4 is 29.0 Å². The van der Waals surface area contributed by atoms with Gasteiger partial charge < -0.3 is 42.9 Å². The number of fused-ring (bicyclic) bond motifs is 6.